The van der Waals surface area contributed by atoms with Crippen LogP contribution in [0.3, 0.4) is 0 Å². The summed E-state index contributed by atoms with van der Waals surface area (Å²) < 4.78 is 13.5. The molecule has 210 valence electrons. The van der Waals surface area contributed by atoms with Crippen LogP contribution in [0.25, 0.3) is 16.3 Å². The molecular weight excluding hydrogens is 526 g/mol. The van der Waals surface area contributed by atoms with E-state index in [-0.39, 0.29) is 6.03 Å². The first-order chi connectivity index (χ1) is 19.6. The van der Waals surface area contributed by atoms with E-state index in [1.807, 2.05) is 42.6 Å². The van der Waals surface area contributed by atoms with E-state index < -0.39 is 0 Å². The van der Waals surface area contributed by atoms with E-state index in [9.17, 15) is 4.79 Å². The Kier molecular flexibility index (Phi) is 9.25. The first-order valence-corrected chi connectivity index (χ1v) is 14.5. The second-order valence-electron chi connectivity index (χ2n) is 9.60. The van der Waals surface area contributed by atoms with Crippen LogP contribution in [0.15, 0.2) is 54.0 Å². The summed E-state index contributed by atoms with van der Waals surface area (Å²) in [6.45, 7) is 2.90. The van der Waals surface area contributed by atoms with Gasteiger partial charge in [0.15, 0.2) is 0 Å². The standard InChI is InChI=1S/C29H35N7O3S/c1-38-26-8-3-2-6-21(26)9-10-23-20-40-28(32-23)25-12-11-24(36-19-22(33-34-36)7-4-5-13-30)18-27(25)39-17-16-35-15-14-31-29(35)37/h2-3,6,8,11-12,18-20H,4-5,7,9-10,13-17,30H2,1H3,(H,31,37). The summed E-state index contributed by atoms with van der Waals surface area (Å²) in [5, 5.41) is 14.5. The maximum atomic E-state index is 12.0. The molecule has 0 atom stereocenters. The molecule has 11 heteroatoms. The average Bonchev–Trinajstić information content (AvgIpc) is 3.74. The van der Waals surface area contributed by atoms with Crippen molar-refractivity contribution in [3.8, 4) is 27.8 Å². The molecule has 2 aromatic heterocycles. The SMILES string of the molecule is COc1ccccc1CCc1csc(-c2ccc(-n3cc(CCCCN)nn3)cc2OCCN2CCNC2=O)n1. The van der Waals surface area contributed by atoms with E-state index in [0.29, 0.717) is 38.5 Å². The minimum atomic E-state index is -0.0537. The third-order valence-corrected chi connectivity index (χ3v) is 7.77. The molecule has 5 rings (SSSR count). The Hall–Kier alpha value is -3.96. The van der Waals surface area contributed by atoms with Gasteiger partial charge in [-0.25, -0.2) is 14.5 Å². The zero-order valence-corrected chi connectivity index (χ0v) is 23.5. The van der Waals surface area contributed by atoms with Crippen molar-refractivity contribution in [2.75, 3.05) is 39.9 Å². The van der Waals surface area contributed by atoms with Crippen molar-refractivity contribution >= 4 is 17.4 Å². The molecule has 10 nitrogen and oxygen atoms in total. The lowest BCUT2D eigenvalue weighted by atomic mass is 10.1. The third-order valence-electron chi connectivity index (χ3n) is 6.85. The number of methoxy groups -OCH3 is 1. The van der Waals surface area contributed by atoms with Crippen molar-refractivity contribution in [1.29, 1.82) is 0 Å². The van der Waals surface area contributed by atoms with Gasteiger partial charge in [0, 0.05) is 24.5 Å². The summed E-state index contributed by atoms with van der Waals surface area (Å²) >= 11 is 1.60. The number of rotatable bonds is 14. The molecule has 0 radical (unpaired) electrons. The highest BCUT2D eigenvalue weighted by atomic mass is 32.1. The predicted molar refractivity (Wildman–Crippen MR) is 155 cm³/mol. The molecule has 0 spiro atoms. The lowest BCUT2D eigenvalue weighted by molar-refractivity contribution is 0.203. The van der Waals surface area contributed by atoms with Crippen LogP contribution < -0.4 is 20.5 Å². The number of ether oxygens (including phenoxy) is 2. The van der Waals surface area contributed by atoms with Gasteiger partial charge < -0.3 is 25.4 Å². The number of hydrogen-bond acceptors (Lipinski definition) is 8. The molecule has 40 heavy (non-hydrogen) atoms. The van der Waals surface area contributed by atoms with Gasteiger partial charge in [-0.05, 0) is 62.4 Å². The van der Waals surface area contributed by atoms with Crippen LogP contribution in [0.1, 0.15) is 29.8 Å². The number of aryl methyl sites for hydroxylation is 3. The van der Waals surface area contributed by atoms with Crippen molar-refractivity contribution < 1.29 is 14.3 Å². The second kappa shape index (κ2) is 13.4. The number of nitrogens with one attached hydrogen (secondary N) is 1. The maximum Gasteiger partial charge on any atom is 0.317 e. The maximum absolute atomic E-state index is 12.0. The van der Waals surface area contributed by atoms with Crippen LogP contribution in [0.2, 0.25) is 0 Å². The molecule has 3 heterocycles. The van der Waals surface area contributed by atoms with Gasteiger partial charge in [-0.2, -0.15) is 0 Å². The van der Waals surface area contributed by atoms with E-state index in [0.717, 1.165) is 71.1 Å². The highest BCUT2D eigenvalue weighted by Gasteiger charge is 2.20. The largest absolute Gasteiger partial charge is 0.496 e. The third kappa shape index (κ3) is 6.78. The summed E-state index contributed by atoms with van der Waals surface area (Å²) in [7, 11) is 1.70. The Bertz CT molecular complexity index is 1420. The van der Waals surface area contributed by atoms with Crippen LogP contribution >= 0.6 is 11.3 Å². The first kappa shape index (κ1) is 27.6. The van der Waals surface area contributed by atoms with Crippen LogP contribution in [-0.4, -0.2) is 70.8 Å². The quantitative estimate of drug-likeness (QED) is 0.224. The molecular formula is C29H35N7O3S. The molecule has 1 aliphatic heterocycles. The molecule has 3 N–H and O–H groups in total. The number of unbranched alkanes of at least 4 members (excludes halogenated alkanes) is 1. The normalized spacial score (nSPS) is 13.1. The van der Waals surface area contributed by atoms with Crippen molar-refractivity contribution in [1.82, 2.24) is 30.2 Å². The van der Waals surface area contributed by atoms with Gasteiger partial charge in [0.2, 0.25) is 0 Å². The van der Waals surface area contributed by atoms with Gasteiger partial charge in [-0.3, -0.25) is 0 Å². The number of benzene rings is 2. The van der Waals surface area contributed by atoms with E-state index in [4.69, 9.17) is 20.2 Å². The molecule has 2 aromatic carbocycles. The number of carbonyl (C=O) groups excluding carboxylic acids is 1. The zero-order chi connectivity index (χ0) is 27.7. The van der Waals surface area contributed by atoms with Crippen LogP contribution in [0, 0.1) is 0 Å². The summed E-state index contributed by atoms with van der Waals surface area (Å²) in [6.07, 6.45) is 6.38. The molecule has 0 aliphatic carbocycles. The first-order valence-electron chi connectivity index (χ1n) is 13.6. The Morgan fingerprint density at radius 1 is 1.07 bits per heavy atom. The molecule has 0 bridgehead atoms. The van der Waals surface area contributed by atoms with Crippen LogP contribution in [-0.2, 0) is 19.3 Å². The highest BCUT2D eigenvalue weighted by molar-refractivity contribution is 7.13. The number of urea groups is 1. The molecule has 0 saturated carbocycles. The van der Waals surface area contributed by atoms with Crippen molar-refractivity contribution in [2.45, 2.75) is 32.1 Å². The predicted octanol–water partition coefficient (Wildman–Crippen LogP) is 3.87. The summed E-state index contributed by atoms with van der Waals surface area (Å²) in [4.78, 5) is 18.7. The monoisotopic (exact) mass is 561 g/mol. The molecule has 2 amide bonds. The van der Waals surface area contributed by atoms with Gasteiger partial charge in [0.05, 0.1) is 42.5 Å². The lowest BCUT2D eigenvalue weighted by Gasteiger charge is -2.16. The number of amides is 2. The molecule has 4 aromatic rings. The van der Waals surface area contributed by atoms with Gasteiger partial charge >= 0.3 is 6.03 Å². The van der Waals surface area contributed by atoms with Gasteiger partial charge in [-0.15, -0.1) is 16.4 Å². The fourth-order valence-corrected chi connectivity index (χ4v) is 5.53. The fourth-order valence-electron chi connectivity index (χ4n) is 4.65. The second-order valence-corrected chi connectivity index (χ2v) is 10.5. The number of carbonyl (C=O) groups is 1. The molecule has 1 aliphatic rings. The topological polar surface area (TPSA) is 120 Å². The van der Waals surface area contributed by atoms with E-state index >= 15 is 0 Å². The number of hydrogen-bond donors (Lipinski definition) is 2. The average molecular weight is 562 g/mol. The highest BCUT2D eigenvalue weighted by Crippen LogP contribution is 2.34. The minimum absolute atomic E-state index is 0.0537. The number of aromatic nitrogens is 4. The number of nitrogens with zero attached hydrogens (tertiary/aromatic N) is 5. The van der Waals surface area contributed by atoms with E-state index in [1.54, 1.807) is 28.0 Å². The number of para-hydroxylation sites is 1. The minimum Gasteiger partial charge on any atom is -0.496 e. The number of thiazole rings is 1. The Morgan fingerprint density at radius 3 is 2.80 bits per heavy atom. The summed E-state index contributed by atoms with van der Waals surface area (Å²) in [5.41, 5.74) is 10.5. The Morgan fingerprint density at radius 2 is 1.98 bits per heavy atom. The van der Waals surface area contributed by atoms with Crippen molar-refractivity contribution in [3.05, 3.63) is 71.0 Å². The van der Waals surface area contributed by atoms with Crippen LogP contribution in [0.5, 0.6) is 11.5 Å². The summed E-state index contributed by atoms with van der Waals surface area (Å²) in [5.74, 6) is 1.59. The lowest BCUT2D eigenvalue weighted by Crippen LogP contribution is -2.31. The van der Waals surface area contributed by atoms with E-state index in [1.165, 1.54) is 0 Å². The molecule has 1 saturated heterocycles. The van der Waals surface area contributed by atoms with Gasteiger partial charge in [0.1, 0.15) is 23.1 Å². The molecule has 0 unspecified atom stereocenters. The zero-order valence-electron chi connectivity index (χ0n) is 22.7. The van der Waals surface area contributed by atoms with Crippen LogP contribution in [0.4, 0.5) is 4.79 Å². The Balaban J connectivity index is 1.34. The molecule has 1 fully saturated rings. The number of nitrogens with two attached hydrogens (primary N) is 1. The van der Waals surface area contributed by atoms with Gasteiger partial charge in [0.25, 0.3) is 0 Å². The Labute approximate surface area is 238 Å². The summed E-state index contributed by atoms with van der Waals surface area (Å²) in [6, 6.07) is 14.0. The van der Waals surface area contributed by atoms with Crippen molar-refractivity contribution in [3.63, 3.8) is 0 Å². The van der Waals surface area contributed by atoms with Crippen molar-refractivity contribution in [2.24, 2.45) is 5.73 Å². The smallest absolute Gasteiger partial charge is 0.317 e. The fraction of sp³-hybridized carbons (Fsp3) is 0.379. The van der Waals surface area contributed by atoms with Gasteiger partial charge in [-0.1, -0.05) is 23.4 Å². The van der Waals surface area contributed by atoms with E-state index in [2.05, 4.69) is 27.1 Å².